The molecule has 0 radical (unpaired) electrons. The summed E-state index contributed by atoms with van der Waals surface area (Å²) in [5.74, 6) is -0.630. The molecule has 1 rings (SSSR count). The molecule has 0 aliphatic rings. The highest BCUT2D eigenvalue weighted by atomic mass is 16.4. The van der Waals surface area contributed by atoms with E-state index in [4.69, 9.17) is 5.11 Å². The average molecular weight is 292 g/mol. The number of nitrogens with one attached hydrogen (secondary N) is 2. The SMILES string of the molecule is CC(C)C[C@@H](NC(=O)NCC(C)c1ccccc1)C(=O)O. The van der Waals surface area contributed by atoms with Crippen molar-refractivity contribution < 1.29 is 14.7 Å². The first-order chi connectivity index (χ1) is 9.90. The molecule has 0 saturated heterocycles. The molecule has 21 heavy (non-hydrogen) atoms. The average Bonchev–Trinajstić information content (AvgIpc) is 2.44. The molecule has 0 aromatic heterocycles. The Morgan fingerprint density at radius 1 is 1.14 bits per heavy atom. The van der Waals surface area contributed by atoms with Crippen molar-refractivity contribution in [2.75, 3.05) is 6.54 Å². The molecule has 5 nitrogen and oxygen atoms in total. The molecule has 116 valence electrons. The zero-order chi connectivity index (χ0) is 15.8. The van der Waals surface area contributed by atoms with E-state index in [-0.39, 0.29) is 11.8 Å². The number of carboxylic acids is 1. The Morgan fingerprint density at radius 3 is 2.29 bits per heavy atom. The van der Waals surface area contributed by atoms with Crippen molar-refractivity contribution in [2.45, 2.75) is 39.2 Å². The third-order valence-corrected chi connectivity index (χ3v) is 3.25. The Morgan fingerprint density at radius 2 is 1.76 bits per heavy atom. The smallest absolute Gasteiger partial charge is 0.326 e. The number of aliphatic carboxylic acids is 1. The van der Waals surface area contributed by atoms with Crippen molar-refractivity contribution in [3.8, 4) is 0 Å². The number of hydrogen-bond donors (Lipinski definition) is 3. The van der Waals surface area contributed by atoms with E-state index in [0.717, 1.165) is 5.56 Å². The zero-order valence-electron chi connectivity index (χ0n) is 12.8. The Labute approximate surface area is 125 Å². The van der Waals surface area contributed by atoms with Gasteiger partial charge < -0.3 is 15.7 Å². The van der Waals surface area contributed by atoms with Crippen LogP contribution in [0.25, 0.3) is 0 Å². The first kappa shape index (κ1) is 17.0. The van der Waals surface area contributed by atoms with E-state index >= 15 is 0 Å². The van der Waals surface area contributed by atoms with Crippen LogP contribution in [0.3, 0.4) is 0 Å². The van der Waals surface area contributed by atoms with Gasteiger partial charge in [0.1, 0.15) is 6.04 Å². The minimum absolute atomic E-state index is 0.172. The number of carbonyl (C=O) groups excluding carboxylic acids is 1. The van der Waals surface area contributed by atoms with Gasteiger partial charge in [-0.25, -0.2) is 9.59 Å². The third-order valence-electron chi connectivity index (χ3n) is 3.25. The zero-order valence-corrected chi connectivity index (χ0v) is 12.8. The fourth-order valence-electron chi connectivity index (χ4n) is 2.05. The summed E-state index contributed by atoms with van der Waals surface area (Å²) in [5.41, 5.74) is 1.13. The lowest BCUT2D eigenvalue weighted by atomic mass is 10.0. The van der Waals surface area contributed by atoms with Crippen LogP contribution in [0, 0.1) is 5.92 Å². The third kappa shape index (κ3) is 6.29. The summed E-state index contributed by atoms with van der Waals surface area (Å²) in [5, 5.41) is 14.3. The molecule has 1 aromatic carbocycles. The van der Waals surface area contributed by atoms with E-state index in [1.54, 1.807) is 0 Å². The summed E-state index contributed by atoms with van der Waals surface area (Å²) in [6.07, 6.45) is 0.414. The van der Waals surface area contributed by atoms with Gasteiger partial charge in [0.15, 0.2) is 0 Å². The number of carbonyl (C=O) groups is 2. The minimum atomic E-state index is -1.00. The van der Waals surface area contributed by atoms with Gasteiger partial charge in [0.05, 0.1) is 0 Å². The van der Waals surface area contributed by atoms with Crippen LogP contribution in [-0.2, 0) is 4.79 Å². The number of amides is 2. The number of carboxylic acid groups (broad SMARTS) is 1. The lowest BCUT2D eigenvalue weighted by molar-refractivity contribution is -0.139. The van der Waals surface area contributed by atoms with Crippen LogP contribution in [-0.4, -0.2) is 29.7 Å². The first-order valence-electron chi connectivity index (χ1n) is 7.22. The molecule has 5 heteroatoms. The molecule has 0 spiro atoms. The fraction of sp³-hybridized carbons (Fsp3) is 0.500. The topological polar surface area (TPSA) is 78.4 Å². The van der Waals surface area contributed by atoms with Crippen molar-refractivity contribution in [1.29, 1.82) is 0 Å². The predicted molar refractivity (Wildman–Crippen MR) is 82.3 cm³/mol. The monoisotopic (exact) mass is 292 g/mol. The van der Waals surface area contributed by atoms with Crippen molar-refractivity contribution in [3.05, 3.63) is 35.9 Å². The number of benzene rings is 1. The largest absolute Gasteiger partial charge is 0.480 e. The highest BCUT2D eigenvalue weighted by Gasteiger charge is 2.21. The molecule has 0 aliphatic heterocycles. The molecule has 0 saturated carbocycles. The highest BCUT2D eigenvalue weighted by molar-refractivity contribution is 5.82. The molecule has 2 amide bonds. The second-order valence-electron chi connectivity index (χ2n) is 5.69. The van der Waals surface area contributed by atoms with Crippen molar-refractivity contribution in [3.63, 3.8) is 0 Å². The minimum Gasteiger partial charge on any atom is -0.480 e. The first-order valence-corrected chi connectivity index (χ1v) is 7.22. The van der Waals surface area contributed by atoms with Crippen LogP contribution in [0.2, 0.25) is 0 Å². The van der Waals surface area contributed by atoms with Crippen LogP contribution >= 0.6 is 0 Å². The maximum atomic E-state index is 11.8. The lowest BCUT2D eigenvalue weighted by Gasteiger charge is -2.18. The van der Waals surface area contributed by atoms with Gasteiger partial charge in [0, 0.05) is 6.54 Å². The van der Waals surface area contributed by atoms with Gasteiger partial charge in [0.25, 0.3) is 0 Å². The number of rotatable bonds is 7. The van der Waals surface area contributed by atoms with Gasteiger partial charge in [-0.15, -0.1) is 0 Å². The summed E-state index contributed by atoms with van der Waals surface area (Å²) >= 11 is 0. The van der Waals surface area contributed by atoms with Crippen molar-refractivity contribution in [2.24, 2.45) is 5.92 Å². The molecule has 3 N–H and O–H groups in total. The summed E-state index contributed by atoms with van der Waals surface area (Å²) in [6.45, 7) is 6.32. The molecule has 1 aromatic rings. The van der Waals surface area contributed by atoms with E-state index in [9.17, 15) is 9.59 Å². The predicted octanol–water partition coefficient (Wildman–Crippen LogP) is 2.59. The molecule has 1 unspecified atom stereocenters. The summed E-state index contributed by atoms with van der Waals surface area (Å²) in [4.78, 5) is 22.9. The van der Waals surface area contributed by atoms with Gasteiger partial charge in [-0.05, 0) is 23.8 Å². The fourth-order valence-corrected chi connectivity index (χ4v) is 2.05. The van der Waals surface area contributed by atoms with Gasteiger partial charge >= 0.3 is 12.0 Å². The van der Waals surface area contributed by atoms with Crippen LogP contribution in [0.5, 0.6) is 0 Å². The standard InChI is InChI=1S/C16H24N2O3/c1-11(2)9-14(15(19)20)18-16(21)17-10-12(3)13-7-5-4-6-8-13/h4-8,11-12,14H,9-10H2,1-3H3,(H,19,20)(H2,17,18,21)/t12?,14-/m1/s1. The second kappa shape index (κ2) is 8.29. The lowest BCUT2D eigenvalue weighted by Crippen LogP contribution is -2.47. The molecular formula is C16H24N2O3. The van der Waals surface area contributed by atoms with Gasteiger partial charge in [-0.1, -0.05) is 51.1 Å². The van der Waals surface area contributed by atoms with Crippen LogP contribution in [0.15, 0.2) is 30.3 Å². The van der Waals surface area contributed by atoms with Gasteiger partial charge in [-0.3, -0.25) is 0 Å². The Bertz CT molecular complexity index is 460. The molecule has 0 fully saturated rings. The number of hydrogen-bond acceptors (Lipinski definition) is 2. The molecule has 0 bridgehead atoms. The summed E-state index contributed by atoms with van der Waals surface area (Å²) < 4.78 is 0. The molecule has 0 heterocycles. The van der Waals surface area contributed by atoms with E-state index < -0.39 is 18.0 Å². The van der Waals surface area contributed by atoms with E-state index in [1.807, 2.05) is 51.1 Å². The molecular weight excluding hydrogens is 268 g/mol. The number of urea groups is 1. The van der Waals surface area contributed by atoms with E-state index in [1.165, 1.54) is 0 Å². The van der Waals surface area contributed by atoms with Crippen LogP contribution < -0.4 is 10.6 Å². The van der Waals surface area contributed by atoms with Crippen LogP contribution in [0.1, 0.15) is 38.7 Å². The maximum Gasteiger partial charge on any atom is 0.326 e. The van der Waals surface area contributed by atoms with Gasteiger partial charge in [0.2, 0.25) is 0 Å². The van der Waals surface area contributed by atoms with Gasteiger partial charge in [-0.2, -0.15) is 0 Å². The highest BCUT2D eigenvalue weighted by Crippen LogP contribution is 2.13. The van der Waals surface area contributed by atoms with Crippen molar-refractivity contribution >= 4 is 12.0 Å². The van der Waals surface area contributed by atoms with Crippen LogP contribution in [0.4, 0.5) is 4.79 Å². The molecule has 2 atom stereocenters. The Kier molecular flexibility index (Phi) is 6.72. The summed E-state index contributed by atoms with van der Waals surface area (Å²) in [7, 11) is 0. The van der Waals surface area contributed by atoms with Crippen molar-refractivity contribution in [1.82, 2.24) is 10.6 Å². The van der Waals surface area contributed by atoms with E-state index in [0.29, 0.717) is 13.0 Å². The molecule has 0 aliphatic carbocycles. The summed E-state index contributed by atoms with van der Waals surface area (Å²) in [6, 6.07) is 8.57. The Hall–Kier alpha value is -2.04. The normalized spacial score (nSPS) is 13.5. The maximum absolute atomic E-state index is 11.8. The second-order valence-corrected chi connectivity index (χ2v) is 5.69. The Balaban J connectivity index is 2.44. The quantitative estimate of drug-likeness (QED) is 0.722. The van der Waals surface area contributed by atoms with E-state index in [2.05, 4.69) is 10.6 Å².